The van der Waals surface area contributed by atoms with E-state index in [1.165, 1.54) is 11.3 Å². The van der Waals surface area contributed by atoms with Crippen molar-refractivity contribution in [2.45, 2.75) is 12.8 Å². The predicted octanol–water partition coefficient (Wildman–Crippen LogP) is 3.34. The van der Waals surface area contributed by atoms with Crippen molar-refractivity contribution in [3.63, 3.8) is 0 Å². The van der Waals surface area contributed by atoms with Gasteiger partial charge in [0.2, 0.25) is 0 Å². The van der Waals surface area contributed by atoms with E-state index in [0.29, 0.717) is 17.1 Å². The number of hydrogen-bond acceptors (Lipinski definition) is 4. The van der Waals surface area contributed by atoms with Crippen LogP contribution in [0.25, 0.3) is 0 Å². The molecule has 0 aliphatic carbocycles. The number of ether oxygens (including phenoxy) is 2. The molecule has 126 valence electrons. The Balaban J connectivity index is 1.88. The summed E-state index contributed by atoms with van der Waals surface area (Å²) in [6, 6.07) is 11.3. The first-order valence-electron chi connectivity index (χ1n) is 8.00. The normalized spacial score (nSPS) is 13.2. The summed E-state index contributed by atoms with van der Waals surface area (Å²) < 4.78 is 10.6. The second kappa shape index (κ2) is 6.83. The molecule has 0 unspecified atom stereocenters. The molecule has 2 aromatic rings. The molecule has 3 rings (SSSR count). The van der Waals surface area contributed by atoms with Crippen molar-refractivity contribution >= 4 is 17.3 Å². The zero-order chi connectivity index (χ0) is 17.1. The minimum atomic E-state index is -0.242. The maximum absolute atomic E-state index is 12.7. The molecule has 1 aliphatic heterocycles. The van der Waals surface area contributed by atoms with Gasteiger partial charge < -0.3 is 19.7 Å². The molecule has 24 heavy (non-hydrogen) atoms. The molecule has 1 heterocycles. The third kappa shape index (κ3) is 3.02. The second-order valence-electron chi connectivity index (χ2n) is 5.86. The molecule has 5 nitrogen and oxygen atoms in total. The molecule has 0 aromatic heterocycles. The summed E-state index contributed by atoms with van der Waals surface area (Å²) in [7, 11) is 5.18. The van der Waals surface area contributed by atoms with Crippen LogP contribution in [0.2, 0.25) is 0 Å². The third-order valence-electron chi connectivity index (χ3n) is 4.34. The quantitative estimate of drug-likeness (QED) is 0.936. The number of amides is 1. The van der Waals surface area contributed by atoms with Gasteiger partial charge in [0.15, 0.2) is 0 Å². The smallest absolute Gasteiger partial charge is 0.263 e. The van der Waals surface area contributed by atoms with E-state index in [4.69, 9.17) is 9.47 Å². The number of benzene rings is 2. The summed E-state index contributed by atoms with van der Waals surface area (Å²) in [5, 5.41) is 2.96. The van der Waals surface area contributed by atoms with Crippen molar-refractivity contribution in [1.82, 2.24) is 0 Å². The van der Waals surface area contributed by atoms with Crippen LogP contribution < -0.4 is 19.7 Å². The molecule has 0 spiro atoms. The van der Waals surface area contributed by atoms with E-state index in [1.807, 2.05) is 12.1 Å². The topological polar surface area (TPSA) is 50.8 Å². The fourth-order valence-corrected chi connectivity index (χ4v) is 3.13. The van der Waals surface area contributed by atoms with Crippen LogP contribution in [-0.2, 0) is 6.42 Å². The highest BCUT2D eigenvalue weighted by Crippen LogP contribution is 2.31. The summed E-state index contributed by atoms with van der Waals surface area (Å²) >= 11 is 0. The fraction of sp³-hybridized carbons (Fsp3) is 0.316. The van der Waals surface area contributed by atoms with Gasteiger partial charge in [-0.15, -0.1) is 0 Å². The maximum atomic E-state index is 12.7. The number of hydrogen-bond donors (Lipinski definition) is 1. The molecule has 0 saturated heterocycles. The number of anilines is 2. The van der Waals surface area contributed by atoms with E-state index < -0.39 is 0 Å². The molecule has 2 aromatic carbocycles. The van der Waals surface area contributed by atoms with Crippen molar-refractivity contribution in [3.05, 3.63) is 47.5 Å². The number of methoxy groups -OCH3 is 2. The van der Waals surface area contributed by atoms with E-state index in [2.05, 4.69) is 23.3 Å². The molecule has 1 N–H and O–H groups in total. The van der Waals surface area contributed by atoms with Crippen molar-refractivity contribution in [2.75, 3.05) is 38.0 Å². The molecular weight excluding hydrogens is 304 g/mol. The van der Waals surface area contributed by atoms with Gasteiger partial charge in [0, 0.05) is 25.0 Å². The number of carbonyl (C=O) groups is 1. The van der Waals surface area contributed by atoms with Crippen LogP contribution in [0.1, 0.15) is 22.3 Å². The Morgan fingerprint density at radius 1 is 1.12 bits per heavy atom. The Hall–Kier alpha value is -2.69. The molecule has 0 radical (unpaired) electrons. The average Bonchev–Trinajstić information content (AvgIpc) is 2.61. The van der Waals surface area contributed by atoms with E-state index in [-0.39, 0.29) is 5.91 Å². The summed E-state index contributed by atoms with van der Waals surface area (Å²) in [6.45, 7) is 1.07. The number of nitrogens with zero attached hydrogens (tertiary/aromatic N) is 1. The number of aryl methyl sites for hydroxylation is 1. The Morgan fingerprint density at radius 3 is 2.50 bits per heavy atom. The van der Waals surface area contributed by atoms with E-state index in [0.717, 1.165) is 25.1 Å². The van der Waals surface area contributed by atoms with Crippen LogP contribution in [0, 0.1) is 0 Å². The van der Waals surface area contributed by atoms with Crippen LogP contribution in [0.3, 0.4) is 0 Å². The zero-order valence-electron chi connectivity index (χ0n) is 14.3. The molecular formula is C19H22N2O3. The van der Waals surface area contributed by atoms with Gasteiger partial charge in [-0.3, -0.25) is 4.79 Å². The highest BCUT2D eigenvalue weighted by atomic mass is 16.5. The summed E-state index contributed by atoms with van der Waals surface area (Å²) in [5.74, 6) is 0.738. The summed E-state index contributed by atoms with van der Waals surface area (Å²) in [5.41, 5.74) is 3.67. The third-order valence-corrected chi connectivity index (χ3v) is 4.34. The van der Waals surface area contributed by atoms with E-state index >= 15 is 0 Å². The van der Waals surface area contributed by atoms with Crippen LogP contribution in [0.15, 0.2) is 36.4 Å². The average molecular weight is 326 g/mol. The van der Waals surface area contributed by atoms with E-state index in [1.54, 1.807) is 32.4 Å². The number of carbonyl (C=O) groups excluding carboxylic acids is 1. The first-order valence-corrected chi connectivity index (χ1v) is 8.00. The minimum Gasteiger partial charge on any atom is -0.496 e. The van der Waals surface area contributed by atoms with Crippen molar-refractivity contribution < 1.29 is 14.3 Å². The number of fused-ring (bicyclic) bond motifs is 1. The van der Waals surface area contributed by atoms with Crippen molar-refractivity contribution in [3.8, 4) is 11.5 Å². The van der Waals surface area contributed by atoms with Crippen molar-refractivity contribution in [1.29, 1.82) is 0 Å². The lowest BCUT2D eigenvalue weighted by molar-refractivity contribution is 0.102. The van der Waals surface area contributed by atoms with Crippen LogP contribution in [0.4, 0.5) is 11.4 Å². The zero-order valence-corrected chi connectivity index (χ0v) is 14.3. The van der Waals surface area contributed by atoms with Crippen molar-refractivity contribution in [2.24, 2.45) is 0 Å². The monoisotopic (exact) mass is 326 g/mol. The second-order valence-corrected chi connectivity index (χ2v) is 5.86. The number of rotatable bonds is 4. The summed E-state index contributed by atoms with van der Waals surface area (Å²) in [4.78, 5) is 15.0. The molecule has 0 saturated carbocycles. The lowest BCUT2D eigenvalue weighted by Crippen LogP contribution is -2.24. The molecule has 0 fully saturated rings. The molecule has 0 bridgehead atoms. The van der Waals surface area contributed by atoms with Crippen LogP contribution in [-0.4, -0.2) is 33.7 Å². The van der Waals surface area contributed by atoms with Gasteiger partial charge in [-0.25, -0.2) is 0 Å². The Kier molecular flexibility index (Phi) is 4.60. The highest BCUT2D eigenvalue weighted by Gasteiger charge is 2.19. The molecule has 5 heteroatoms. The van der Waals surface area contributed by atoms with Crippen LogP contribution in [0.5, 0.6) is 11.5 Å². The number of nitrogens with one attached hydrogen (secondary N) is 1. The molecule has 1 amide bonds. The maximum Gasteiger partial charge on any atom is 0.263 e. The summed E-state index contributed by atoms with van der Waals surface area (Å²) in [6.07, 6.45) is 2.16. The largest absolute Gasteiger partial charge is 0.496 e. The Bertz CT molecular complexity index is 736. The standard InChI is InChI=1S/C19H22N2O3/c1-21-11-5-6-13-12-14(9-10-15(13)21)20-19(22)18-16(23-2)7-4-8-17(18)24-3/h4,7-10,12H,5-6,11H2,1-3H3,(H,20,22). The fourth-order valence-electron chi connectivity index (χ4n) is 3.13. The predicted molar refractivity (Wildman–Crippen MR) is 95.5 cm³/mol. The minimum absolute atomic E-state index is 0.242. The lowest BCUT2D eigenvalue weighted by Gasteiger charge is -2.27. The van der Waals surface area contributed by atoms with E-state index in [9.17, 15) is 4.79 Å². The van der Waals surface area contributed by atoms with Gasteiger partial charge in [-0.1, -0.05) is 6.07 Å². The Morgan fingerprint density at radius 2 is 1.83 bits per heavy atom. The highest BCUT2D eigenvalue weighted by molar-refractivity contribution is 6.08. The van der Waals surface area contributed by atoms with Crippen LogP contribution >= 0.6 is 0 Å². The van der Waals surface area contributed by atoms with Gasteiger partial charge in [-0.05, 0) is 48.7 Å². The van der Waals surface area contributed by atoms with Gasteiger partial charge in [-0.2, -0.15) is 0 Å². The Labute approximate surface area is 142 Å². The first kappa shape index (κ1) is 16.2. The van der Waals surface area contributed by atoms with Gasteiger partial charge in [0.25, 0.3) is 5.91 Å². The van der Waals surface area contributed by atoms with Gasteiger partial charge in [0.1, 0.15) is 17.1 Å². The van der Waals surface area contributed by atoms with Gasteiger partial charge in [0.05, 0.1) is 14.2 Å². The molecule has 0 atom stereocenters. The SMILES string of the molecule is COc1cccc(OC)c1C(=O)Nc1ccc2c(c1)CCCN2C. The molecule has 1 aliphatic rings. The van der Waals surface area contributed by atoms with Gasteiger partial charge >= 0.3 is 0 Å². The first-order chi connectivity index (χ1) is 11.6. The lowest BCUT2D eigenvalue weighted by atomic mass is 10.0.